The first-order valence-corrected chi connectivity index (χ1v) is 14.7. The summed E-state index contributed by atoms with van der Waals surface area (Å²) in [7, 11) is 0. The predicted octanol–water partition coefficient (Wildman–Crippen LogP) is 3.17. The lowest BCUT2D eigenvalue weighted by Crippen LogP contribution is -2.55. The fraction of sp³-hybridized carbons (Fsp3) is 0.424. The van der Waals surface area contributed by atoms with Gasteiger partial charge in [-0.25, -0.2) is 0 Å². The number of anilines is 2. The van der Waals surface area contributed by atoms with E-state index in [0.29, 0.717) is 37.6 Å². The van der Waals surface area contributed by atoms with Crippen LogP contribution in [0.1, 0.15) is 24.5 Å². The summed E-state index contributed by atoms with van der Waals surface area (Å²) in [5.74, 6) is -1.74. The average molecular weight is 572 g/mol. The molecule has 4 aliphatic heterocycles. The largest absolute Gasteiger partial charge is 0.494 e. The second-order valence-corrected chi connectivity index (χ2v) is 11.3. The lowest BCUT2D eigenvalue weighted by atomic mass is 9.77. The first kappa shape index (κ1) is 28.2. The zero-order valence-corrected chi connectivity index (χ0v) is 24.2. The van der Waals surface area contributed by atoms with Crippen LogP contribution in [-0.2, 0) is 19.1 Å². The summed E-state index contributed by atoms with van der Waals surface area (Å²) in [4.78, 5) is 48.1. The molecule has 42 heavy (non-hydrogen) atoms. The quantitative estimate of drug-likeness (QED) is 0.513. The molecule has 9 heteroatoms. The molecule has 1 spiro atoms. The Balaban J connectivity index is 1.41. The number of carbonyl (C=O) groups excluding carboxylic acids is 3. The van der Waals surface area contributed by atoms with Crippen molar-refractivity contribution in [2.24, 2.45) is 11.8 Å². The van der Waals surface area contributed by atoms with E-state index in [4.69, 9.17) is 9.47 Å². The number of nitrogens with zero attached hydrogens (tertiary/aromatic N) is 3. The van der Waals surface area contributed by atoms with Crippen LogP contribution in [-0.4, -0.2) is 78.3 Å². The zero-order valence-electron chi connectivity index (χ0n) is 24.2. The molecule has 0 saturated carbocycles. The van der Waals surface area contributed by atoms with Crippen molar-refractivity contribution in [2.45, 2.75) is 44.9 Å². The number of fused-ring (bicyclic) bond motifs is 2. The highest BCUT2D eigenvalue weighted by Crippen LogP contribution is 2.54. The molecule has 6 rings (SSSR count). The van der Waals surface area contributed by atoms with E-state index in [1.807, 2.05) is 87.5 Å². The number of aliphatic hydroxyl groups is 1. The van der Waals surface area contributed by atoms with E-state index < -0.39 is 29.6 Å². The van der Waals surface area contributed by atoms with Gasteiger partial charge in [-0.1, -0.05) is 42.5 Å². The lowest BCUT2D eigenvalue weighted by molar-refractivity contribution is -0.140. The summed E-state index contributed by atoms with van der Waals surface area (Å²) in [6, 6.07) is 12.3. The zero-order chi connectivity index (χ0) is 29.6. The van der Waals surface area contributed by atoms with Gasteiger partial charge in [0, 0.05) is 37.6 Å². The number of amides is 3. The molecular formula is C33H37N3O6. The normalized spacial score (nSPS) is 28.5. The summed E-state index contributed by atoms with van der Waals surface area (Å²) < 4.78 is 12.3. The van der Waals surface area contributed by atoms with E-state index in [2.05, 4.69) is 0 Å². The Hall–Kier alpha value is -3.95. The highest BCUT2D eigenvalue weighted by Gasteiger charge is 2.71. The predicted molar refractivity (Wildman–Crippen MR) is 158 cm³/mol. The monoisotopic (exact) mass is 571 g/mol. The molecule has 0 aromatic heterocycles. The molecule has 220 valence electrons. The first-order valence-electron chi connectivity index (χ1n) is 14.7. The highest BCUT2D eigenvalue weighted by molar-refractivity contribution is 6.07. The maximum atomic E-state index is 14.5. The number of hydrogen-bond donors (Lipinski definition) is 1. The fourth-order valence-electron chi connectivity index (χ4n) is 7.17. The van der Waals surface area contributed by atoms with Crippen LogP contribution < -0.4 is 14.5 Å². The van der Waals surface area contributed by atoms with E-state index >= 15 is 0 Å². The maximum Gasteiger partial charge on any atom is 0.253 e. The van der Waals surface area contributed by atoms with Crippen molar-refractivity contribution in [1.82, 2.24) is 4.90 Å². The van der Waals surface area contributed by atoms with Crippen LogP contribution in [0, 0.1) is 25.7 Å². The Labute approximate surface area is 246 Å². The van der Waals surface area contributed by atoms with Gasteiger partial charge < -0.3 is 29.3 Å². The van der Waals surface area contributed by atoms with Gasteiger partial charge in [-0.2, -0.15) is 0 Å². The van der Waals surface area contributed by atoms with Crippen LogP contribution in [0.2, 0.25) is 0 Å². The van der Waals surface area contributed by atoms with Crippen molar-refractivity contribution in [3.05, 3.63) is 77.9 Å². The molecule has 4 heterocycles. The molecule has 2 fully saturated rings. The summed E-state index contributed by atoms with van der Waals surface area (Å²) in [5, 5.41) is 9.66. The van der Waals surface area contributed by atoms with Crippen molar-refractivity contribution >= 4 is 29.1 Å². The molecule has 0 radical (unpaired) electrons. The number of para-hydroxylation sites is 1. The molecule has 2 aromatic rings. The van der Waals surface area contributed by atoms with Gasteiger partial charge in [-0.3, -0.25) is 14.4 Å². The molecule has 3 amide bonds. The third-order valence-corrected chi connectivity index (χ3v) is 8.88. The molecule has 9 nitrogen and oxygen atoms in total. The second-order valence-electron chi connectivity index (χ2n) is 11.3. The van der Waals surface area contributed by atoms with E-state index in [0.717, 1.165) is 16.8 Å². The van der Waals surface area contributed by atoms with E-state index in [-0.39, 0.29) is 30.9 Å². The molecule has 1 unspecified atom stereocenters. The first-order chi connectivity index (χ1) is 20.3. The summed E-state index contributed by atoms with van der Waals surface area (Å²) in [6.07, 6.45) is 7.14. The molecule has 0 aliphatic carbocycles. The van der Waals surface area contributed by atoms with Crippen LogP contribution in [0.5, 0.6) is 5.75 Å². The van der Waals surface area contributed by atoms with Crippen molar-refractivity contribution in [3.8, 4) is 5.75 Å². The SMILES string of the molecule is CCOc1ccc(N2CC=C[C@@H]3O[C@]45C=CCN(c6c(C)cccc6C)C(=O)C4N(CCCO)C(=O)[C@@H]5[C@@H]3C2=O)cc1. The van der Waals surface area contributed by atoms with Gasteiger partial charge >= 0.3 is 0 Å². The molecule has 2 aromatic carbocycles. The van der Waals surface area contributed by atoms with Crippen molar-refractivity contribution in [2.75, 3.05) is 42.6 Å². The Bertz CT molecular complexity index is 1430. The van der Waals surface area contributed by atoms with Crippen LogP contribution in [0.15, 0.2) is 66.8 Å². The molecule has 4 aliphatic rings. The Morgan fingerprint density at radius 2 is 1.67 bits per heavy atom. The van der Waals surface area contributed by atoms with Gasteiger partial charge in [0.2, 0.25) is 11.8 Å². The topological polar surface area (TPSA) is 99.6 Å². The molecule has 1 N–H and O–H groups in total. The Kier molecular flexibility index (Phi) is 7.41. The van der Waals surface area contributed by atoms with Gasteiger partial charge in [0.25, 0.3) is 5.91 Å². The summed E-state index contributed by atoms with van der Waals surface area (Å²) >= 11 is 0. The van der Waals surface area contributed by atoms with E-state index in [1.54, 1.807) is 14.7 Å². The number of hydrogen-bond acceptors (Lipinski definition) is 6. The molecule has 5 atom stereocenters. The summed E-state index contributed by atoms with van der Waals surface area (Å²) in [5.41, 5.74) is 2.11. The fourth-order valence-corrected chi connectivity index (χ4v) is 7.17. The lowest BCUT2D eigenvalue weighted by Gasteiger charge is -2.36. The number of benzene rings is 2. The van der Waals surface area contributed by atoms with Crippen LogP contribution in [0.4, 0.5) is 11.4 Å². The Morgan fingerprint density at radius 3 is 2.36 bits per heavy atom. The average Bonchev–Trinajstić information content (AvgIpc) is 3.28. The molecule has 0 bridgehead atoms. The third-order valence-electron chi connectivity index (χ3n) is 8.88. The summed E-state index contributed by atoms with van der Waals surface area (Å²) in [6.45, 7) is 7.10. The third kappa shape index (κ3) is 4.34. The number of likely N-dealkylation sites (tertiary alicyclic amines) is 1. The standard InChI is InChI=1S/C33H37N3O6/c1-4-41-24-14-12-23(13-15-24)34-17-6-11-25-26(30(34)38)27-31(39)36(19-8-20-37)29-32(40)35(18-7-16-33(27,29)42-25)28-21(2)9-5-10-22(28)3/h5-7,9-16,25-27,29,37H,4,8,17-20H2,1-3H3/t25-,26+,27-,29?,33-/m0/s1. The van der Waals surface area contributed by atoms with Gasteiger partial charge in [0.05, 0.1) is 24.5 Å². The van der Waals surface area contributed by atoms with E-state index in [9.17, 15) is 19.5 Å². The Morgan fingerprint density at radius 1 is 0.952 bits per heavy atom. The van der Waals surface area contributed by atoms with Crippen LogP contribution in [0.25, 0.3) is 0 Å². The number of aryl methyl sites for hydroxylation is 2. The minimum Gasteiger partial charge on any atom is -0.494 e. The number of carbonyl (C=O) groups is 3. The number of aliphatic hydroxyl groups excluding tert-OH is 1. The molecule has 2 saturated heterocycles. The highest BCUT2D eigenvalue weighted by atomic mass is 16.5. The van der Waals surface area contributed by atoms with Gasteiger partial charge in [0.15, 0.2) is 0 Å². The van der Waals surface area contributed by atoms with Gasteiger partial charge in [-0.05, 0) is 62.6 Å². The smallest absolute Gasteiger partial charge is 0.253 e. The van der Waals surface area contributed by atoms with Crippen molar-refractivity contribution < 1.29 is 29.0 Å². The number of ether oxygens (including phenoxy) is 2. The van der Waals surface area contributed by atoms with Crippen molar-refractivity contribution in [1.29, 1.82) is 0 Å². The molecular weight excluding hydrogens is 534 g/mol. The second kappa shape index (κ2) is 11.0. The maximum absolute atomic E-state index is 14.5. The number of rotatable bonds is 7. The van der Waals surface area contributed by atoms with Crippen molar-refractivity contribution in [3.63, 3.8) is 0 Å². The van der Waals surface area contributed by atoms with Crippen LogP contribution >= 0.6 is 0 Å². The minimum atomic E-state index is -1.31. The van der Waals surface area contributed by atoms with Crippen LogP contribution in [0.3, 0.4) is 0 Å². The van der Waals surface area contributed by atoms with Gasteiger partial charge in [-0.15, -0.1) is 0 Å². The minimum absolute atomic E-state index is 0.126. The van der Waals surface area contributed by atoms with E-state index in [1.165, 1.54) is 0 Å². The van der Waals surface area contributed by atoms with Gasteiger partial charge in [0.1, 0.15) is 17.4 Å².